The van der Waals surface area contributed by atoms with Gasteiger partial charge in [0.1, 0.15) is 33.3 Å². The van der Waals surface area contributed by atoms with E-state index in [1.165, 1.54) is 70.6 Å². The van der Waals surface area contributed by atoms with E-state index >= 15 is 0 Å². The first-order valence-corrected chi connectivity index (χ1v) is 20.0. The number of unbranched alkanes of at least 4 members (excludes halogenated alkanes) is 14. The highest BCUT2D eigenvalue weighted by atomic mass is 31.2. The Kier molecular flexibility index (Phi) is 23.4. The molecule has 0 saturated carbocycles. The van der Waals surface area contributed by atoms with Crippen LogP contribution in [-0.4, -0.2) is 63.3 Å². The Balaban J connectivity index is 1.57. The van der Waals surface area contributed by atoms with Gasteiger partial charge in [-0.1, -0.05) is 126 Å². The highest BCUT2D eigenvalue weighted by Crippen LogP contribution is 2.48. The molecule has 10 nitrogen and oxygen atoms in total. The SMILES string of the molecule is [B][C@@H]1O[C@H](COC(=O)OCc2ccccc2)C(OP(=O)(O)OC)[C@@H]1C/C=C/CCCCNC(=O)CCCCCCCCCCCCCCC. The smallest absolute Gasteiger partial charge is 0.431 e. The molecule has 0 bridgehead atoms. The summed E-state index contributed by atoms with van der Waals surface area (Å²) in [6.07, 6.45) is 21.6. The Labute approximate surface area is 296 Å². The molecule has 2 radical (unpaired) electrons. The van der Waals surface area contributed by atoms with Crippen molar-refractivity contribution in [1.29, 1.82) is 0 Å². The molecule has 1 aromatic carbocycles. The fraction of sp³-hybridized carbons (Fsp3) is 0.730. The quantitative estimate of drug-likeness (QED) is 0.0289. The summed E-state index contributed by atoms with van der Waals surface area (Å²) in [7, 11) is 2.90. The van der Waals surface area contributed by atoms with Crippen LogP contribution in [0.15, 0.2) is 42.5 Å². The van der Waals surface area contributed by atoms with Crippen molar-refractivity contribution in [2.45, 2.75) is 147 Å². The third kappa shape index (κ3) is 20.3. The molecule has 49 heavy (non-hydrogen) atoms. The van der Waals surface area contributed by atoms with Crippen LogP contribution in [-0.2, 0) is 39.2 Å². The van der Waals surface area contributed by atoms with Gasteiger partial charge in [-0.3, -0.25) is 13.8 Å². The van der Waals surface area contributed by atoms with E-state index in [2.05, 4.69) is 16.8 Å². The minimum atomic E-state index is -4.38. The highest BCUT2D eigenvalue weighted by Gasteiger charge is 2.46. The molecule has 12 heteroatoms. The maximum Gasteiger partial charge on any atom is 0.508 e. The lowest BCUT2D eigenvalue weighted by Crippen LogP contribution is -2.34. The minimum absolute atomic E-state index is 0.0411. The fourth-order valence-electron chi connectivity index (χ4n) is 5.87. The lowest BCUT2D eigenvalue weighted by atomic mass is 9.82. The molecule has 1 aliphatic heterocycles. The molecule has 1 heterocycles. The zero-order valence-corrected chi connectivity index (χ0v) is 30.8. The van der Waals surface area contributed by atoms with E-state index in [1.54, 1.807) is 0 Å². The molecule has 2 rings (SSSR count). The molecule has 1 amide bonds. The lowest BCUT2D eigenvalue weighted by Gasteiger charge is -2.24. The van der Waals surface area contributed by atoms with Gasteiger partial charge in [0.15, 0.2) is 0 Å². The van der Waals surface area contributed by atoms with Crippen molar-refractivity contribution < 1.29 is 42.3 Å². The molecule has 2 unspecified atom stereocenters. The first kappa shape index (κ1) is 43.0. The van der Waals surface area contributed by atoms with E-state index in [9.17, 15) is 19.0 Å². The van der Waals surface area contributed by atoms with E-state index in [-0.39, 0.29) is 19.1 Å². The lowest BCUT2D eigenvalue weighted by molar-refractivity contribution is -0.121. The summed E-state index contributed by atoms with van der Waals surface area (Å²) < 4.78 is 38.4. The van der Waals surface area contributed by atoms with Crippen molar-refractivity contribution in [3.05, 3.63) is 48.0 Å². The van der Waals surface area contributed by atoms with Gasteiger partial charge in [0.2, 0.25) is 5.91 Å². The average Bonchev–Trinajstić information content (AvgIpc) is 3.38. The predicted octanol–water partition coefficient (Wildman–Crippen LogP) is 8.70. The number of benzene rings is 1. The van der Waals surface area contributed by atoms with Gasteiger partial charge in [-0.2, -0.15) is 0 Å². The first-order chi connectivity index (χ1) is 23.8. The van der Waals surface area contributed by atoms with Crippen molar-refractivity contribution in [2.75, 3.05) is 20.3 Å². The second-order valence-electron chi connectivity index (χ2n) is 12.9. The van der Waals surface area contributed by atoms with E-state index in [1.807, 2.05) is 42.5 Å². The second kappa shape index (κ2) is 26.6. The van der Waals surface area contributed by atoms with Gasteiger partial charge in [-0.25, -0.2) is 9.36 Å². The molecule has 1 aliphatic rings. The fourth-order valence-corrected chi connectivity index (χ4v) is 6.56. The van der Waals surface area contributed by atoms with Crippen LogP contribution in [0, 0.1) is 5.92 Å². The van der Waals surface area contributed by atoms with E-state index in [4.69, 9.17) is 26.6 Å². The second-order valence-corrected chi connectivity index (χ2v) is 14.4. The summed E-state index contributed by atoms with van der Waals surface area (Å²) in [6.45, 7) is 2.68. The summed E-state index contributed by atoms with van der Waals surface area (Å²) in [5.74, 6) is -0.356. The van der Waals surface area contributed by atoms with Crippen LogP contribution in [0.3, 0.4) is 0 Å². The predicted molar refractivity (Wildman–Crippen MR) is 193 cm³/mol. The number of carbonyl (C=O) groups excluding carboxylic acids is 2. The summed E-state index contributed by atoms with van der Waals surface area (Å²) in [5, 5.41) is 3.02. The van der Waals surface area contributed by atoms with Gasteiger partial charge in [0.25, 0.3) is 0 Å². The monoisotopic (exact) mass is 705 g/mol. The molecule has 0 aromatic heterocycles. The number of ether oxygens (including phenoxy) is 3. The van der Waals surface area contributed by atoms with Crippen molar-refractivity contribution in [1.82, 2.24) is 5.32 Å². The van der Waals surface area contributed by atoms with Crippen LogP contribution in [0.1, 0.15) is 128 Å². The summed E-state index contributed by atoms with van der Waals surface area (Å²) in [5.41, 5.74) is 0.804. The van der Waals surface area contributed by atoms with E-state index in [0.717, 1.165) is 44.8 Å². The van der Waals surface area contributed by atoms with Crippen LogP contribution in [0.25, 0.3) is 0 Å². The number of amides is 1. The van der Waals surface area contributed by atoms with Crippen molar-refractivity contribution in [3.8, 4) is 0 Å². The molecule has 276 valence electrons. The molecule has 1 aromatic rings. The number of carbonyl (C=O) groups is 2. The standard InChI is InChI=1S/C37H61BNO9P/c1-3-4-5-6-7-8-9-10-11-12-13-16-22-27-34(40)39-28-23-17-14-15-21-26-32-35(48-49(42,43)44-2)33(47-36(32)38)30-46-37(41)45-29-31-24-19-18-20-25-31/h15,18-21,24-25,32-33,35-36H,3-14,16-17,22-23,26-30H2,1-2H3,(H,39,40)(H,42,43)/b21-15+/t32-,33+,35?,36+/m0/s1. The van der Waals surface area contributed by atoms with E-state index in [0.29, 0.717) is 19.4 Å². The van der Waals surface area contributed by atoms with Gasteiger partial charge >= 0.3 is 14.0 Å². The van der Waals surface area contributed by atoms with Crippen LogP contribution >= 0.6 is 7.82 Å². The van der Waals surface area contributed by atoms with Gasteiger partial charge in [-0.15, -0.1) is 0 Å². The molecule has 5 atom stereocenters. The molecule has 1 saturated heterocycles. The van der Waals surface area contributed by atoms with Crippen molar-refractivity contribution >= 4 is 27.7 Å². The van der Waals surface area contributed by atoms with Crippen molar-refractivity contribution in [3.63, 3.8) is 0 Å². The normalized spacial score (nSPS) is 20.3. The Morgan fingerprint density at radius 3 is 2.16 bits per heavy atom. The summed E-state index contributed by atoms with van der Waals surface area (Å²) in [4.78, 5) is 34.3. The highest BCUT2D eigenvalue weighted by molar-refractivity contribution is 7.47. The zero-order chi connectivity index (χ0) is 35.6. The Hall–Kier alpha value is -2.17. The van der Waals surface area contributed by atoms with Crippen LogP contribution in [0.2, 0.25) is 0 Å². The van der Waals surface area contributed by atoms with E-state index < -0.39 is 38.1 Å². The Morgan fingerprint density at radius 2 is 1.53 bits per heavy atom. The molecular formula is C37H61BNO9P. The number of phosphoric ester groups is 1. The maximum atomic E-state index is 12.3. The Morgan fingerprint density at radius 1 is 0.898 bits per heavy atom. The molecular weight excluding hydrogens is 644 g/mol. The summed E-state index contributed by atoms with van der Waals surface area (Å²) in [6, 6.07) is 8.34. The number of allylic oxidation sites excluding steroid dienone is 2. The number of phosphoric acid groups is 1. The number of hydrogen-bond acceptors (Lipinski definition) is 8. The number of hydrogen-bond donors (Lipinski definition) is 2. The van der Waals surface area contributed by atoms with Gasteiger partial charge < -0.3 is 24.4 Å². The average molecular weight is 706 g/mol. The molecule has 0 spiro atoms. The third-order valence-electron chi connectivity index (χ3n) is 8.79. The molecule has 1 fully saturated rings. The number of rotatable bonds is 28. The van der Waals surface area contributed by atoms with Crippen LogP contribution in [0.4, 0.5) is 4.79 Å². The topological polar surface area (TPSA) is 130 Å². The Bertz CT molecular complexity index is 1090. The zero-order valence-electron chi connectivity index (χ0n) is 29.9. The summed E-state index contributed by atoms with van der Waals surface area (Å²) >= 11 is 0. The maximum absolute atomic E-state index is 12.3. The van der Waals surface area contributed by atoms with Gasteiger partial charge in [0, 0.05) is 32.0 Å². The van der Waals surface area contributed by atoms with Gasteiger partial charge in [-0.05, 0) is 37.7 Å². The largest absolute Gasteiger partial charge is 0.508 e. The van der Waals surface area contributed by atoms with Crippen LogP contribution < -0.4 is 5.32 Å². The molecule has 2 N–H and O–H groups in total. The van der Waals surface area contributed by atoms with Crippen molar-refractivity contribution in [2.24, 2.45) is 5.92 Å². The first-order valence-electron chi connectivity index (χ1n) is 18.5. The van der Waals surface area contributed by atoms with Crippen LogP contribution in [0.5, 0.6) is 0 Å². The minimum Gasteiger partial charge on any atom is -0.431 e. The number of nitrogens with one attached hydrogen (secondary N) is 1. The van der Waals surface area contributed by atoms with Gasteiger partial charge in [0.05, 0.1) is 0 Å². The third-order valence-corrected chi connectivity index (χ3v) is 9.77. The molecule has 0 aliphatic carbocycles.